The molecule has 1 heterocycles. The van der Waals surface area contributed by atoms with Gasteiger partial charge in [0.1, 0.15) is 4.90 Å². The number of hydrogen-bond acceptors (Lipinski definition) is 3. The number of sulfonamides is 1. The number of aromatic nitrogens is 1. The quantitative estimate of drug-likeness (QED) is 0.724. The molecule has 5 heteroatoms. The lowest BCUT2D eigenvalue weighted by atomic mass is 10.1. The maximum atomic E-state index is 12.7. The van der Waals surface area contributed by atoms with Gasteiger partial charge in [0.25, 0.3) is 10.0 Å². The molecule has 0 atom stereocenters. The third kappa shape index (κ3) is 3.57. The number of pyridine rings is 1. The Morgan fingerprint density at radius 2 is 1.75 bits per heavy atom. The molecule has 0 fully saturated rings. The first-order valence-electron chi connectivity index (χ1n) is 8.05. The molecule has 0 amide bonds. The Bertz CT molecular complexity index is 930. The molecule has 4 nitrogen and oxygen atoms in total. The Morgan fingerprint density at radius 1 is 1.00 bits per heavy atom. The molecule has 0 saturated carbocycles. The maximum Gasteiger partial charge on any atom is 0.264 e. The number of aryl methyl sites for hydroxylation is 1. The highest BCUT2D eigenvalue weighted by atomic mass is 32.2. The van der Waals surface area contributed by atoms with Crippen molar-refractivity contribution >= 4 is 26.6 Å². The molecule has 0 saturated heterocycles. The number of nitrogens with zero attached hydrogens (tertiary/aromatic N) is 1. The fourth-order valence-electron chi connectivity index (χ4n) is 2.62. The van der Waals surface area contributed by atoms with Crippen LogP contribution >= 0.6 is 0 Å². The highest BCUT2D eigenvalue weighted by Gasteiger charge is 2.18. The number of rotatable bonds is 6. The van der Waals surface area contributed by atoms with Crippen LogP contribution in [0.2, 0.25) is 0 Å². The molecule has 0 aliphatic heterocycles. The van der Waals surface area contributed by atoms with Gasteiger partial charge in [-0.3, -0.25) is 9.71 Å². The number of para-hydroxylation sites is 1. The summed E-state index contributed by atoms with van der Waals surface area (Å²) in [5.74, 6) is 0. The standard InChI is InChI=1S/C19H20N2O2S/c1-2-3-6-15-10-12-17(13-11-15)21-24(22,23)18-9-4-7-16-8-5-14-20-19(16)18/h4-5,7-14,21H,2-3,6H2,1H3. The summed E-state index contributed by atoms with van der Waals surface area (Å²) in [5.41, 5.74) is 2.25. The lowest BCUT2D eigenvalue weighted by molar-refractivity contribution is 0.602. The van der Waals surface area contributed by atoms with Crippen molar-refractivity contribution in [2.45, 2.75) is 31.1 Å². The predicted octanol–water partition coefficient (Wildman–Crippen LogP) is 4.38. The van der Waals surface area contributed by atoms with E-state index < -0.39 is 10.0 Å². The topological polar surface area (TPSA) is 59.1 Å². The van der Waals surface area contributed by atoms with E-state index in [-0.39, 0.29) is 4.90 Å². The van der Waals surface area contributed by atoms with Crippen molar-refractivity contribution in [2.75, 3.05) is 4.72 Å². The molecule has 0 aliphatic rings. The smallest absolute Gasteiger partial charge is 0.264 e. The normalized spacial score (nSPS) is 11.5. The summed E-state index contributed by atoms with van der Waals surface area (Å²) in [4.78, 5) is 4.41. The van der Waals surface area contributed by atoms with E-state index in [1.807, 2.05) is 24.3 Å². The van der Waals surface area contributed by atoms with Gasteiger partial charge >= 0.3 is 0 Å². The second-order valence-electron chi connectivity index (χ2n) is 5.74. The molecule has 1 aromatic heterocycles. The van der Waals surface area contributed by atoms with Crippen LogP contribution < -0.4 is 4.72 Å². The van der Waals surface area contributed by atoms with Crippen LogP contribution in [0.4, 0.5) is 5.69 Å². The van der Waals surface area contributed by atoms with Crippen LogP contribution in [0.1, 0.15) is 25.3 Å². The summed E-state index contributed by atoms with van der Waals surface area (Å²) in [6.07, 6.45) is 4.88. The first-order valence-corrected chi connectivity index (χ1v) is 9.54. The highest BCUT2D eigenvalue weighted by molar-refractivity contribution is 7.93. The number of unbranched alkanes of at least 4 members (excludes halogenated alkanes) is 1. The van der Waals surface area contributed by atoms with Crippen LogP contribution in [-0.4, -0.2) is 13.4 Å². The van der Waals surface area contributed by atoms with Crippen LogP contribution in [0, 0.1) is 0 Å². The van der Waals surface area contributed by atoms with Gasteiger partial charge in [0, 0.05) is 17.3 Å². The summed E-state index contributed by atoms with van der Waals surface area (Å²) < 4.78 is 28.1. The van der Waals surface area contributed by atoms with E-state index in [9.17, 15) is 8.42 Å². The lowest BCUT2D eigenvalue weighted by Crippen LogP contribution is -2.13. The average molecular weight is 340 g/mol. The first-order chi connectivity index (χ1) is 11.6. The minimum Gasteiger partial charge on any atom is -0.280 e. The Balaban J connectivity index is 1.88. The summed E-state index contributed by atoms with van der Waals surface area (Å²) in [6.45, 7) is 2.15. The zero-order valence-electron chi connectivity index (χ0n) is 13.6. The van der Waals surface area contributed by atoms with Gasteiger partial charge in [-0.25, -0.2) is 8.42 Å². The van der Waals surface area contributed by atoms with Gasteiger partial charge in [0.05, 0.1) is 5.52 Å². The lowest BCUT2D eigenvalue weighted by Gasteiger charge is -2.10. The van der Waals surface area contributed by atoms with E-state index in [1.54, 1.807) is 36.5 Å². The third-order valence-electron chi connectivity index (χ3n) is 3.91. The molecule has 0 unspecified atom stereocenters. The Hall–Kier alpha value is -2.40. The van der Waals surface area contributed by atoms with Crippen molar-refractivity contribution in [3.63, 3.8) is 0 Å². The van der Waals surface area contributed by atoms with Gasteiger partial charge < -0.3 is 0 Å². The minimum atomic E-state index is -3.68. The molecular formula is C19H20N2O2S. The zero-order chi connectivity index (χ0) is 17.0. The SMILES string of the molecule is CCCCc1ccc(NS(=O)(=O)c2cccc3cccnc23)cc1. The zero-order valence-corrected chi connectivity index (χ0v) is 14.4. The maximum absolute atomic E-state index is 12.7. The Labute approximate surface area is 142 Å². The second-order valence-corrected chi connectivity index (χ2v) is 7.39. The summed E-state index contributed by atoms with van der Waals surface area (Å²) >= 11 is 0. The molecular weight excluding hydrogens is 320 g/mol. The molecule has 0 spiro atoms. The van der Waals surface area contributed by atoms with Crippen molar-refractivity contribution in [1.29, 1.82) is 0 Å². The van der Waals surface area contributed by atoms with Crippen molar-refractivity contribution in [2.24, 2.45) is 0 Å². The van der Waals surface area contributed by atoms with E-state index in [2.05, 4.69) is 16.6 Å². The largest absolute Gasteiger partial charge is 0.280 e. The molecule has 0 aliphatic carbocycles. The summed E-state index contributed by atoms with van der Waals surface area (Å²) in [6, 6.07) is 16.3. The number of fused-ring (bicyclic) bond motifs is 1. The van der Waals surface area contributed by atoms with Crippen LogP contribution in [0.15, 0.2) is 65.7 Å². The van der Waals surface area contributed by atoms with Crippen LogP contribution in [-0.2, 0) is 16.4 Å². The fourth-order valence-corrected chi connectivity index (χ4v) is 3.86. The molecule has 3 rings (SSSR count). The number of hydrogen-bond donors (Lipinski definition) is 1. The van der Waals surface area contributed by atoms with Crippen molar-refractivity contribution < 1.29 is 8.42 Å². The van der Waals surface area contributed by atoms with Crippen molar-refractivity contribution in [1.82, 2.24) is 4.98 Å². The number of anilines is 1. The molecule has 1 N–H and O–H groups in total. The van der Waals surface area contributed by atoms with E-state index in [0.717, 1.165) is 24.6 Å². The Kier molecular flexibility index (Phi) is 4.81. The first kappa shape index (κ1) is 16.5. The van der Waals surface area contributed by atoms with E-state index in [0.29, 0.717) is 11.2 Å². The monoisotopic (exact) mass is 340 g/mol. The number of benzene rings is 2. The van der Waals surface area contributed by atoms with E-state index in [1.165, 1.54) is 5.56 Å². The van der Waals surface area contributed by atoms with Gasteiger partial charge in [-0.2, -0.15) is 0 Å². The van der Waals surface area contributed by atoms with Crippen molar-refractivity contribution in [3.8, 4) is 0 Å². The Morgan fingerprint density at radius 3 is 2.50 bits per heavy atom. The molecule has 3 aromatic rings. The van der Waals surface area contributed by atoms with Gasteiger partial charge in [0.2, 0.25) is 0 Å². The van der Waals surface area contributed by atoms with Gasteiger partial charge in [-0.1, -0.05) is 43.7 Å². The van der Waals surface area contributed by atoms with Crippen LogP contribution in [0.25, 0.3) is 10.9 Å². The van der Waals surface area contributed by atoms with E-state index >= 15 is 0 Å². The molecule has 24 heavy (non-hydrogen) atoms. The highest BCUT2D eigenvalue weighted by Crippen LogP contribution is 2.23. The summed E-state index contributed by atoms with van der Waals surface area (Å²) in [5, 5.41) is 0.801. The van der Waals surface area contributed by atoms with Gasteiger partial charge in [-0.05, 0) is 42.7 Å². The average Bonchev–Trinajstić information content (AvgIpc) is 2.60. The minimum absolute atomic E-state index is 0.190. The van der Waals surface area contributed by atoms with Gasteiger partial charge in [0.15, 0.2) is 0 Å². The fraction of sp³-hybridized carbons (Fsp3) is 0.211. The summed E-state index contributed by atoms with van der Waals surface area (Å²) in [7, 11) is -3.68. The second kappa shape index (κ2) is 7.01. The molecule has 0 radical (unpaired) electrons. The molecule has 124 valence electrons. The van der Waals surface area contributed by atoms with Crippen LogP contribution in [0.5, 0.6) is 0 Å². The third-order valence-corrected chi connectivity index (χ3v) is 5.32. The van der Waals surface area contributed by atoms with Crippen molar-refractivity contribution in [3.05, 3.63) is 66.4 Å². The predicted molar refractivity (Wildman–Crippen MR) is 97.6 cm³/mol. The van der Waals surface area contributed by atoms with Crippen LogP contribution in [0.3, 0.4) is 0 Å². The van der Waals surface area contributed by atoms with E-state index in [4.69, 9.17) is 0 Å². The number of nitrogens with one attached hydrogen (secondary N) is 1. The van der Waals surface area contributed by atoms with Gasteiger partial charge in [-0.15, -0.1) is 0 Å². The molecule has 0 bridgehead atoms. The molecule has 2 aromatic carbocycles.